The van der Waals surface area contributed by atoms with Gasteiger partial charge in [0.2, 0.25) is 5.89 Å². The van der Waals surface area contributed by atoms with E-state index in [1.54, 1.807) is 35.4 Å². The van der Waals surface area contributed by atoms with Gasteiger partial charge in [0.05, 0.1) is 17.8 Å². The normalized spacial score (nSPS) is 16.0. The van der Waals surface area contributed by atoms with Crippen molar-refractivity contribution in [2.45, 2.75) is 57.8 Å². The smallest absolute Gasteiger partial charge is 0.254 e. The van der Waals surface area contributed by atoms with Crippen molar-refractivity contribution in [1.82, 2.24) is 20.5 Å². The van der Waals surface area contributed by atoms with Gasteiger partial charge < -0.3 is 25.1 Å². The van der Waals surface area contributed by atoms with E-state index < -0.39 is 12.1 Å². The Morgan fingerprint density at radius 3 is 2.50 bits per heavy atom. The molecule has 0 aliphatic carbocycles. The molecule has 0 bridgehead atoms. The van der Waals surface area contributed by atoms with Crippen LogP contribution in [0.25, 0.3) is 5.57 Å². The van der Waals surface area contributed by atoms with Crippen molar-refractivity contribution in [3.05, 3.63) is 131 Å². The van der Waals surface area contributed by atoms with Crippen LogP contribution in [0.2, 0.25) is 0 Å². The van der Waals surface area contributed by atoms with Crippen LogP contribution < -0.4 is 10.6 Å². The first-order valence-corrected chi connectivity index (χ1v) is 15.1. The van der Waals surface area contributed by atoms with Crippen LogP contribution in [0.15, 0.2) is 96.1 Å². The third kappa shape index (κ3) is 7.70. The Balaban J connectivity index is 1.27. The number of rotatable bonds is 12. The largest absolute Gasteiger partial charge is 0.446 e. The molecule has 0 saturated carbocycles. The van der Waals surface area contributed by atoms with Gasteiger partial charge in [-0.15, -0.1) is 0 Å². The van der Waals surface area contributed by atoms with Gasteiger partial charge in [0.25, 0.3) is 11.8 Å². The SMILES string of the molecule is C=C(C)c1cccc(CNC[C@@H](O)[C@H](Cc2ccccc2)NC(=O)c2cccc(C(=O)N3CCCC3c3nc(C)co3)c2)c1. The lowest BCUT2D eigenvalue weighted by Gasteiger charge is -2.25. The molecule has 1 saturated heterocycles. The first-order chi connectivity index (χ1) is 21.3. The summed E-state index contributed by atoms with van der Waals surface area (Å²) in [5, 5.41) is 17.6. The van der Waals surface area contributed by atoms with Gasteiger partial charge in [-0.3, -0.25) is 9.59 Å². The van der Waals surface area contributed by atoms with Crippen LogP contribution >= 0.6 is 0 Å². The van der Waals surface area contributed by atoms with Crippen molar-refractivity contribution >= 4 is 17.4 Å². The topological polar surface area (TPSA) is 108 Å². The van der Waals surface area contributed by atoms with Crippen molar-refractivity contribution in [3.8, 4) is 0 Å². The summed E-state index contributed by atoms with van der Waals surface area (Å²) in [6.07, 6.45) is 2.81. The summed E-state index contributed by atoms with van der Waals surface area (Å²) in [7, 11) is 0. The zero-order chi connectivity index (χ0) is 31.1. The van der Waals surface area contributed by atoms with Crippen molar-refractivity contribution in [3.63, 3.8) is 0 Å². The number of likely N-dealkylation sites (tertiary alicyclic amines) is 1. The Morgan fingerprint density at radius 2 is 1.75 bits per heavy atom. The maximum atomic E-state index is 13.5. The highest BCUT2D eigenvalue weighted by atomic mass is 16.3. The highest BCUT2D eigenvalue weighted by Crippen LogP contribution is 2.32. The van der Waals surface area contributed by atoms with Gasteiger partial charge in [-0.2, -0.15) is 0 Å². The molecule has 1 fully saturated rings. The number of aryl methyl sites for hydroxylation is 1. The lowest BCUT2D eigenvalue weighted by molar-refractivity contribution is 0.0715. The van der Waals surface area contributed by atoms with E-state index in [9.17, 15) is 14.7 Å². The molecule has 1 aliphatic rings. The third-order valence-electron chi connectivity index (χ3n) is 7.99. The van der Waals surface area contributed by atoms with E-state index in [-0.39, 0.29) is 24.4 Å². The van der Waals surface area contributed by atoms with Gasteiger partial charge in [-0.1, -0.05) is 72.8 Å². The van der Waals surface area contributed by atoms with Crippen LogP contribution in [0.5, 0.6) is 0 Å². The average Bonchev–Trinajstić information content (AvgIpc) is 3.70. The Morgan fingerprint density at radius 1 is 1.02 bits per heavy atom. The van der Waals surface area contributed by atoms with Crippen molar-refractivity contribution in [1.29, 1.82) is 0 Å². The fraction of sp³-hybridized carbons (Fsp3) is 0.306. The van der Waals surface area contributed by atoms with E-state index in [1.807, 2.05) is 62.4 Å². The minimum atomic E-state index is -0.858. The maximum Gasteiger partial charge on any atom is 0.254 e. The van der Waals surface area contributed by atoms with E-state index in [1.165, 1.54) is 0 Å². The van der Waals surface area contributed by atoms with E-state index in [0.717, 1.165) is 40.8 Å². The predicted octanol–water partition coefficient (Wildman–Crippen LogP) is 5.49. The molecule has 1 aliphatic heterocycles. The van der Waals surface area contributed by atoms with Crippen molar-refractivity contribution < 1.29 is 19.1 Å². The van der Waals surface area contributed by atoms with E-state index >= 15 is 0 Å². The standard InChI is InChI=1S/C36H40N4O4/c1-24(2)28-13-7-12-27(18-28)21-37-22-33(41)31(19-26-10-5-4-6-11-26)39-34(42)29-14-8-15-30(20-29)36(43)40-17-9-16-32(40)35-38-25(3)23-44-35/h4-8,10-15,18,20,23,31-33,37,41H,1,9,16-17,19,21-22H2,2-3H3,(H,39,42)/t31-,32?,33+/m0/s1. The number of carbonyl (C=O) groups excluding carboxylic acids is 2. The highest BCUT2D eigenvalue weighted by Gasteiger charge is 2.34. The summed E-state index contributed by atoms with van der Waals surface area (Å²) in [6.45, 7) is 9.29. The number of amides is 2. The Hall–Kier alpha value is -4.53. The number of oxazole rings is 1. The van der Waals surface area contributed by atoms with E-state index in [2.05, 4.69) is 28.3 Å². The van der Waals surface area contributed by atoms with Gasteiger partial charge in [-0.25, -0.2) is 4.98 Å². The number of hydrogen-bond donors (Lipinski definition) is 3. The second-order valence-corrected chi connectivity index (χ2v) is 11.5. The van der Waals surface area contributed by atoms with Gasteiger partial charge in [0.15, 0.2) is 0 Å². The Bertz CT molecular complexity index is 1600. The first kappa shape index (κ1) is 30.9. The van der Waals surface area contributed by atoms with Crippen LogP contribution in [0.3, 0.4) is 0 Å². The minimum Gasteiger partial charge on any atom is -0.446 e. The number of nitrogens with zero attached hydrogens (tertiary/aromatic N) is 2. The van der Waals surface area contributed by atoms with Crippen molar-refractivity contribution in [2.24, 2.45) is 0 Å². The summed E-state index contributed by atoms with van der Waals surface area (Å²) in [6, 6.07) is 23.8. The minimum absolute atomic E-state index is 0.168. The molecule has 2 amide bonds. The quantitative estimate of drug-likeness (QED) is 0.201. The van der Waals surface area contributed by atoms with Gasteiger partial charge >= 0.3 is 0 Å². The predicted molar refractivity (Wildman–Crippen MR) is 171 cm³/mol. The van der Waals surface area contributed by atoms with Crippen LogP contribution in [-0.4, -0.2) is 52.0 Å². The third-order valence-corrected chi connectivity index (χ3v) is 7.99. The fourth-order valence-electron chi connectivity index (χ4n) is 5.61. The summed E-state index contributed by atoms with van der Waals surface area (Å²) in [5.41, 5.74) is 5.70. The average molecular weight is 593 g/mol. The number of aliphatic hydroxyl groups is 1. The van der Waals surface area contributed by atoms with Crippen LogP contribution in [-0.2, 0) is 13.0 Å². The molecule has 3 aromatic carbocycles. The van der Waals surface area contributed by atoms with Crippen LogP contribution in [0, 0.1) is 6.92 Å². The zero-order valence-electron chi connectivity index (χ0n) is 25.3. The van der Waals surface area contributed by atoms with Gasteiger partial charge in [-0.05, 0) is 68.0 Å². The second kappa shape index (κ2) is 14.3. The molecule has 3 N–H and O–H groups in total. The molecule has 4 aromatic rings. The lowest BCUT2D eigenvalue weighted by atomic mass is 10.00. The van der Waals surface area contributed by atoms with Crippen molar-refractivity contribution in [2.75, 3.05) is 13.1 Å². The molecule has 8 heteroatoms. The number of aliphatic hydroxyl groups excluding tert-OH is 1. The second-order valence-electron chi connectivity index (χ2n) is 11.5. The molecule has 2 heterocycles. The summed E-state index contributed by atoms with van der Waals surface area (Å²) in [5.74, 6) is 0.0194. The molecule has 1 aromatic heterocycles. The van der Waals surface area contributed by atoms with E-state index in [4.69, 9.17) is 4.42 Å². The molecule has 0 radical (unpaired) electrons. The van der Waals surface area contributed by atoms with Crippen LogP contribution in [0.1, 0.15) is 74.8 Å². The summed E-state index contributed by atoms with van der Waals surface area (Å²) < 4.78 is 5.61. The van der Waals surface area contributed by atoms with E-state index in [0.29, 0.717) is 36.5 Å². The number of benzene rings is 3. The number of carbonyl (C=O) groups is 2. The molecule has 3 atom stereocenters. The molecule has 0 spiro atoms. The molecule has 8 nitrogen and oxygen atoms in total. The maximum absolute atomic E-state index is 13.5. The highest BCUT2D eigenvalue weighted by molar-refractivity contribution is 6.00. The van der Waals surface area contributed by atoms with Gasteiger partial charge in [0.1, 0.15) is 12.3 Å². The number of allylic oxidation sites excluding steroid dienone is 1. The zero-order valence-corrected chi connectivity index (χ0v) is 25.3. The number of hydrogen-bond acceptors (Lipinski definition) is 6. The molecule has 5 rings (SSSR count). The Labute approximate surface area is 258 Å². The lowest BCUT2D eigenvalue weighted by Crippen LogP contribution is -2.48. The van der Waals surface area contributed by atoms with Gasteiger partial charge in [0, 0.05) is 30.8 Å². The number of aromatic nitrogens is 1. The van der Waals surface area contributed by atoms with Crippen LogP contribution in [0.4, 0.5) is 0 Å². The molecule has 228 valence electrons. The summed E-state index contributed by atoms with van der Waals surface area (Å²) in [4.78, 5) is 33.3. The number of nitrogens with one attached hydrogen (secondary N) is 2. The fourth-order valence-corrected chi connectivity index (χ4v) is 5.61. The molecule has 44 heavy (non-hydrogen) atoms. The monoisotopic (exact) mass is 592 g/mol. The molecule has 1 unspecified atom stereocenters. The molecular formula is C36H40N4O4. The Kier molecular flexibility index (Phi) is 10.0. The summed E-state index contributed by atoms with van der Waals surface area (Å²) >= 11 is 0. The molecular weight excluding hydrogens is 552 g/mol. The first-order valence-electron chi connectivity index (χ1n) is 15.1.